The first-order valence-electron chi connectivity index (χ1n) is 7.64. The molecule has 0 spiro atoms. The van der Waals surface area contributed by atoms with Crippen LogP contribution in [0.4, 0.5) is 0 Å². The van der Waals surface area contributed by atoms with Crippen LogP contribution in [0.2, 0.25) is 0 Å². The second kappa shape index (κ2) is 20.4. The first kappa shape index (κ1) is 26.3. The monoisotopic (exact) mass is 305 g/mol. The van der Waals surface area contributed by atoms with Crippen molar-refractivity contribution in [1.82, 2.24) is 5.32 Å². The number of nitrogens with one attached hydrogen (secondary N) is 1. The third-order valence-corrected chi connectivity index (χ3v) is 3.35. The van der Waals surface area contributed by atoms with Crippen molar-refractivity contribution in [2.45, 2.75) is 84.1 Å². The van der Waals surface area contributed by atoms with E-state index in [1.165, 1.54) is 57.8 Å². The summed E-state index contributed by atoms with van der Waals surface area (Å²) in [5.41, 5.74) is 0. The van der Waals surface area contributed by atoms with Crippen LogP contribution < -0.4 is 5.32 Å². The molecular formula is C15H33NNa2O2. The molecule has 0 aromatic heterocycles. The Hall–Kier alpha value is 1.43. The molecule has 0 aliphatic rings. The van der Waals surface area contributed by atoms with Crippen LogP contribution in [0.5, 0.6) is 0 Å². The second-order valence-electron chi connectivity index (χ2n) is 5.20. The molecule has 112 valence electrons. The van der Waals surface area contributed by atoms with Crippen molar-refractivity contribution in [1.29, 1.82) is 0 Å². The van der Waals surface area contributed by atoms with Gasteiger partial charge < -0.3 is 10.4 Å². The van der Waals surface area contributed by atoms with Gasteiger partial charge in [-0.2, -0.15) is 0 Å². The van der Waals surface area contributed by atoms with Crippen LogP contribution in [0.3, 0.4) is 0 Å². The molecule has 0 amide bonds. The number of carboxylic acid groups (broad SMARTS) is 1. The number of aliphatic carboxylic acids is 1. The summed E-state index contributed by atoms with van der Waals surface area (Å²) < 4.78 is 0. The molecule has 0 aromatic rings. The predicted octanol–water partition coefficient (Wildman–Crippen LogP) is 2.67. The Morgan fingerprint density at radius 1 is 0.900 bits per heavy atom. The Bertz CT molecular complexity index is 204. The van der Waals surface area contributed by atoms with Gasteiger partial charge in [0.1, 0.15) is 6.04 Å². The molecule has 0 aliphatic heterocycles. The normalized spacial score (nSPS) is 11.3. The molecule has 2 N–H and O–H groups in total. The summed E-state index contributed by atoms with van der Waals surface area (Å²) >= 11 is 0. The van der Waals surface area contributed by atoms with Crippen LogP contribution >= 0.6 is 0 Å². The molecule has 0 heterocycles. The molecule has 0 saturated heterocycles. The molecule has 1 atom stereocenters. The molecular weight excluding hydrogens is 272 g/mol. The number of carbonyl (C=O) groups is 1. The number of hydrogen-bond acceptors (Lipinski definition) is 2. The van der Waals surface area contributed by atoms with E-state index in [9.17, 15) is 4.79 Å². The molecule has 0 radical (unpaired) electrons. The van der Waals surface area contributed by atoms with Crippen LogP contribution in [-0.4, -0.2) is 82.8 Å². The molecule has 0 fully saturated rings. The molecule has 0 aliphatic carbocycles. The van der Waals surface area contributed by atoms with E-state index in [-0.39, 0.29) is 59.1 Å². The summed E-state index contributed by atoms with van der Waals surface area (Å²) in [5, 5.41) is 11.7. The average molecular weight is 305 g/mol. The minimum atomic E-state index is -0.762. The molecule has 0 rings (SSSR count). The van der Waals surface area contributed by atoms with Crippen molar-refractivity contribution >= 4 is 65.1 Å². The molecule has 0 aromatic carbocycles. The van der Waals surface area contributed by atoms with E-state index in [0.717, 1.165) is 13.0 Å². The van der Waals surface area contributed by atoms with Crippen molar-refractivity contribution < 1.29 is 9.90 Å². The van der Waals surface area contributed by atoms with Gasteiger partial charge in [0.05, 0.1) is 0 Å². The van der Waals surface area contributed by atoms with Crippen LogP contribution in [0, 0.1) is 0 Å². The standard InChI is InChI=1S/C15H31NO2.2Na.2H/c1-3-4-5-6-7-8-9-10-11-12-13-16-14(2)15(17)18;;;;/h14,16H,3-13H2,1-2H3,(H,17,18);;;;. The van der Waals surface area contributed by atoms with Crippen LogP contribution in [0.25, 0.3) is 0 Å². The summed E-state index contributed by atoms with van der Waals surface area (Å²) in [6.45, 7) is 4.77. The fourth-order valence-corrected chi connectivity index (χ4v) is 2.02. The van der Waals surface area contributed by atoms with Gasteiger partial charge in [-0.15, -0.1) is 0 Å². The summed E-state index contributed by atoms with van der Waals surface area (Å²) in [4.78, 5) is 10.5. The Labute approximate surface area is 169 Å². The molecule has 3 nitrogen and oxygen atoms in total. The maximum absolute atomic E-state index is 10.5. The predicted molar refractivity (Wildman–Crippen MR) is 91.2 cm³/mol. The molecule has 0 saturated carbocycles. The van der Waals surface area contributed by atoms with Crippen molar-refractivity contribution in [3.05, 3.63) is 0 Å². The van der Waals surface area contributed by atoms with Gasteiger partial charge in [-0.1, -0.05) is 64.7 Å². The van der Waals surface area contributed by atoms with Crippen LogP contribution in [-0.2, 0) is 4.79 Å². The van der Waals surface area contributed by atoms with Crippen LogP contribution in [0.1, 0.15) is 78.1 Å². The summed E-state index contributed by atoms with van der Waals surface area (Å²) in [6, 6.07) is -0.413. The fraction of sp³-hybridized carbons (Fsp3) is 0.933. The summed E-state index contributed by atoms with van der Waals surface area (Å²) in [6.07, 6.45) is 13.2. The zero-order chi connectivity index (χ0) is 13.6. The van der Waals surface area contributed by atoms with Gasteiger partial charge in [-0.05, 0) is 19.9 Å². The summed E-state index contributed by atoms with van der Waals surface area (Å²) in [7, 11) is 0. The fourth-order valence-electron chi connectivity index (χ4n) is 2.02. The number of carboxylic acids is 1. The average Bonchev–Trinajstić information content (AvgIpc) is 2.35. The van der Waals surface area contributed by atoms with Gasteiger partial charge in [0, 0.05) is 0 Å². The Kier molecular flexibility index (Phi) is 26.9. The van der Waals surface area contributed by atoms with Crippen LogP contribution in [0.15, 0.2) is 0 Å². The van der Waals surface area contributed by atoms with Gasteiger partial charge in [0.25, 0.3) is 0 Å². The van der Waals surface area contributed by atoms with Gasteiger partial charge in [0.15, 0.2) is 0 Å². The van der Waals surface area contributed by atoms with Gasteiger partial charge in [-0.3, -0.25) is 4.79 Å². The van der Waals surface area contributed by atoms with Crippen molar-refractivity contribution in [3.63, 3.8) is 0 Å². The van der Waals surface area contributed by atoms with Gasteiger partial charge in [0.2, 0.25) is 0 Å². The topological polar surface area (TPSA) is 49.3 Å². The number of hydrogen-bond donors (Lipinski definition) is 2. The second-order valence-corrected chi connectivity index (χ2v) is 5.20. The van der Waals surface area contributed by atoms with E-state index < -0.39 is 12.0 Å². The zero-order valence-electron chi connectivity index (χ0n) is 12.2. The first-order valence-corrected chi connectivity index (χ1v) is 7.64. The molecule has 20 heavy (non-hydrogen) atoms. The Morgan fingerprint density at radius 3 is 1.70 bits per heavy atom. The number of unbranched alkanes of at least 4 members (excludes halogenated alkanes) is 9. The van der Waals surface area contributed by atoms with Gasteiger partial charge >= 0.3 is 65.1 Å². The number of rotatable bonds is 13. The van der Waals surface area contributed by atoms with E-state index in [1.54, 1.807) is 6.92 Å². The van der Waals surface area contributed by atoms with E-state index in [1.807, 2.05) is 0 Å². The third kappa shape index (κ3) is 19.4. The Morgan fingerprint density at radius 2 is 1.30 bits per heavy atom. The maximum atomic E-state index is 10.5. The quantitative estimate of drug-likeness (QED) is 0.406. The summed E-state index contributed by atoms with van der Waals surface area (Å²) in [5.74, 6) is -0.762. The van der Waals surface area contributed by atoms with E-state index in [0.29, 0.717) is 0 Å². The van der Waals surface area contributed by atoms with Crippen molar-refractivity contribution in [3.8, 4) is 0 Å². The zero-order valence-corrected chi connectivity index (χ0v) is 12.2. The molecule has 0 bridgehead atoms. The van der Waals surface area contributed by atoms with E-state index >= 15 is 0 Å². The SMILES string of the molecule is CCCCCCCCCCCCNC(C)C(=O)O.[NaH].[NaH]. The van der Waals surface area contributed by atoms with Crippen molar-refractivity contribution in [2.24, 2.45) is 0 Å². The Balaban J connectivity index is -0.00000144. The molecule has 1 unspecified atom stereocenters. The van der Waals surface area contributed by atoms with Gasteiger partial charge in [-0.25, -0.2) is 0 Å². The van der Waals surface area contributed by atoms with E-state index in [2.05, 4.69) is 12.2 Å². The minimum absolute atomic E-state index is 0. The molecule has 5 heteroatoms. The van der Waals surface area contributed by atoms with E-state index in [4.69, 9.17) is 5.11 Å². The third-order valence-electron chi connectivity index (χ3n) is 3.35. The van der Waals surface area contributed by atoms with Crippen molar-refractivity contribution in [2.75, 3.05) is 6.54 Å². The first-order chi connectivity index (χ1) is 8.68.